The predicted molar refractivity (Wildman–Crippen MR) is 87.2 cm³/mol. The fourth-order valence-electron chi connectivity index (χ4n) is 2.23. The zero-order valence-corrected chi connectivity index (χ0v) is 13.4. The fourth-order valence-corrected chi connectivity index (χ4v) is 2.53. The van der Waals surface area contributed by atoms with E-state index in [1.807, 2.05) is 0 Å². The van der Waals surface area contributed by atoms with Crippen molar-refractivity contribution in [2.24, 2.45) is 0 Å². The number of aromatic nitrogens is 1. The van der Waals surface area contributed by atoms with Crippen molar-refractivity contribution in [3.05, 3.63) is 56.3 Å². The molecule has 2 aromatic rings. The van der Waals surface area contributed by atoms with Crippen molar-refractivity contribution in [3.63, 3.8) is 0 Å². The first-order valence-corrected chi connectivity index (χ1v) is 7.10. The molecule has 0 aliphatic heterocycles. The molecule has 0 bridgehead atoms. The van der Waals surface area contributed by atoms with Crippen molar-refractivity contribution in [1.82, 2.24) is 4.98 Å². The standard InChI is InChI=1S/C16H12Cl2N2O2/c1-8-14(20-9(2)15(8)16(21)22)6-11(7-19)10-3-4-12(17)13(18)5-10/h3-6,20H,1-2H3,(H,21,22)/b11-6+. The molecule has 0 spiro atoms. The number of aromatic amines is 1. The second-order valence-corrected chi connectivity index (χ2v) is 5.58. The minimum atomic E-state index is -1.00. The molecule has 1 heterocycles. The number of hydrogen-bond donors (Lipinski definition) is 2. The van der Waals surface area contributed by atoms with Gasteiger partial charge in [0, 0.05) is 11.4 Å². The molecule has 112 valence electrons. The van der Waals surface area contributed by atoms with Crippen LogP contribution in [0.25, 0.3) is 11.6 Å². The molecule has 0 saturated carbocycles. The van der Waals surface area contributed by atoms with Crippen LogP contribution in [0.3, 0.4) is 0 Å². The van der Waals surface area contributed by atoms with Crippen molar-refractivity contribution < 1.29 is 9.90 Å². The van der Waals surface area contributed by atoms with Crippen LogP contribution in [-0.2, 0) is 0 Å². The number of aromatic carboxylic acids is 1. The van der Waals surface area contributed by atoms with Crippen molar-refractivity contribution in [3.8, 4) is 6.07 Å². The maximum absolute atomic E-state index is 11.2. The van der Waals surface area contributed by atoms with Crippen molar-refractivity contribution >= 4 is 40.8 Å². The summed E-state index contributed by atoms with van der Waals surface area (Å²) in [5.74, 6) is -1.00. The van der Waals surface area contributed by atoms with Crippen LogP contribution in [0, 0.1) is 25.2 Å². The van der Waals surface area contributed by atoms with Crippen LogP contribution < -0.4 is 0 Å². The quantitative estimate of drug-likeness (QED) is 0.798. The maximum atomic E-state index is 11.2. The van der Waals surface area contributed by atoms with Gasteiger partial charge in [0.15, 0.2) is 0 Å². The van der Waals surface area contributed by atoms with Crippen LogP contribution in [0.15, 0.2) is 18.2 Å². The average Bonchev–Trinajstić information content (AvgIpc) is 2.73. The largest absolute Gasteiger partial charge is 0.478 e. The topological polar surface area (TPSA) is 76.9 Å². The molecule has 0 unspecified atom stereocenters. The van der Waals surface area contributed by atoms with Crippen molar-refractivity contribution in [2.45, 2.75) is 13.8 Å². The third-order valence-electron chi connectivity index (χ3n) is 3.33. The third kappa shape index (κ3) is 3.01. The molecule has 0 aliphatic rings. The molecule has 0 aliphatic carbocycles. The van der Waals surface area contributed by atoms with Gasteiger partial charge in [-0.1, -0.05) is 29.3 Å². The Hall–Kier alpha value is -2.22. The van der Waals surface area contributed by atoms with Gasteiger partial charge in [-0.05, 0) is 43.2 Å². The summed E-state index contributed by atoms with van der Waals surface area (Å²) in [7, 11) is 0. The van der Waals surface area contributed by atoms with Gasteiger partial charge in [0.2, 0.25) is 0 Å². The van der Waals surface area contributed by atoms with E-state index >= 15 is 0 Å². The Kier molecular flexibility index (Phi) is 4.60. The summed E-state index contributed by atoms with van der Waals surface area (Å²) in [6, 6.07) is 6.99. The van der Waals surface area contributed by atoms with Gasteiger partial charge in [-0.25, -0.2) is 4.79 Å². The summed E-state index contributed by atoms with van der Waals surface area (Å²) < 4.78 is 0. The summed E-state index contributed by atoms with van der Waals surface area (Å²) in [5, 5.41) is 19.3. The Morgan fingerprint density at radius 3 is 2.50 bits per heavy atom. The second kappa shape index (κ2) is 6.27. The third-order valence-corrected chi connectivity index (χ3v) is 4.07. The Morgan fingerprint density at radius 1 is 1.32 bits per heavy atom. The van der Waals surface area contributed by atoms with E-state index in [1.165, 1.54) is 0 Å². The molecule has 2 rings (SSSR count). The van der Waals surface area contributed by atoms with E-state index in [0.29, 0.717) is 38.1 Å². The molecule has 0 amide bonds. The monoisotopic (exact) mass is 334 g/mol. The highest BCUT2D eigenvalue weighted by Gasteiger charge is 2.16. The number of halogens is 2. The number of carboxylic acid groups (broad SMARTS) is 1. The van der Waals surface area contributed by atoms with Gasteiger partial charge in [-0.2, -0.15) is 5.26 Å². The van der Waals surface area contributed by atoms with E-state index in [0.717, 1.165) is 0 Å². The molecule has 0 radical (unpaired) electrons. The minimum Gasteiger partial charge on any atom is -0.478 e. The number of nitrogens with zero attached hydrogens (tertiary/aromatic N) is 1. The number of hydrogen-bond acceptors (Lipinski definition) is 2. The first-order valence-electron chi connectivity index (χ1n) is 6.34. The highest BCUT2D eigenvalue weighted by Crippen LogP contribution is 2.28. The minimum absolute atomic E-state index is 0.220. The average molecular weight is 335 g/mol. The van der Waals surface area contributed by atoms with Crippen LogP contribution >= 0.6 is 23.2 Å². The molecule has 0 saturated heterocycles. The zero-order chi connectivity index (χ0) is 16.4. The van der Waals surface area contributed by atoms with Gasteiger partial charge < -0.3 is 10.1 Å². The molecule has 0 fully saturated rings. The number of rotatable bonds is 3. The first kappa shape index (κ1) is 16.2. The van der Waals surface area contributed by atoms with E-state index < -0.39 is 5.97 Å². The Balaban J connectivity index is 2.55. The van der Waals surface area contributed by atoms with Crippen LogP contribution in [0.2, 0.25) is 10.0 Å². The first-order chi connectivity index (χ1) is 10.3. The summed E-state index contributed by atoms with van der Waals surface area (Å²) in [5.41, 5.74) is 2.90. The number of aryl methyl sites for hydroxylation is 1. The van der Waals surface area contributed by atoms with Gasteiger partial charge >= 0.3 is 5.97 Å². The smallest absolute Gasteiger partial charge is 0.337 e. The number of carbonyl (C=O) groups is 1. The molecule has 6 heteroatoms. The fraction of sp³-hybridized carbons (Fsp3) is 0.125. The molecule has 1 aromatic heterocycles. The van der Waals surface area contributed by atoms with Crippen molar-refractivity contribution in [2.75, 3.05) is 0 Å². The summed E-state index contributed by atoms with van der Waals surface area (Å²) >= 11 is 11.8. The van der Waals surface area contributed by atoms with Gasteiger partial charge in [0.25, 0.3) is 0 Å². The van der Waals surface area contributed by atoms with Crippen LogP contribution in [-0.4, -0.2) is 16.1 Å². The van der Waals surface area contributed by atoms with E-state index in [2.05, 4.69) is 11.1 Å². The number of H-pyrrole nitrogens is 1. The number of allylic oxidation sites excluding steroid dienone is 1. The predicted octanol–water partition coefficient (Wildman–Crippen LogP) is 4.70. The van der Waals surface area contributed by atoms with Gasteiger partial charge in [-0.15, -0.1) is 0 Å². The second-order valence-electron chi connectivity index (χ2n) is 4.77. The number of nitrogens with one attached hydrogen (secondary N) is 1. The Bertz CT molecular complexity index is 829. The summed E-state index contributed by atoms with van der Waals surface area (Å²) in [6.45, 7) is 3.38. The molecule has 2 N–H and O–H groups in total. The highest BCUT2D eigenvalue weighted by molar-refractivity contribution is 6.42. The molecule has 4 nitrogen and oxygen atoms in total. The van der Waals surface area contributed by atoms with Crippen molar-refractivity contribution in [1.29, 1.82) is 5.26 Å². The van der Waals surface area contributed by atoms with E-state index in [9.17, 15) is 15.2 Å². The summed E-state index contributed by atoms with van der Waals surface area (Å²) in [4.78, 5) is 14.2. The molecule has 0 atom stereocenters. The van der Waals surface area contributed by atoms with Crippen LogP contribution in [0.5, 0.6) is 0 Å². The lowest BCUT2D eigenvalue weighted by molar-refractivity contribution is 0.0695. The number of nitriles is 1. The normalized spacial score (nSPS) is 11.3. The van der Waals surface area contributed by atoms with E-state index in [4.69, 9.17) is 23.2 Å². The van der Waals surface area contributed by atoms with Crippen LogP contribution in [0.4, 0.5) is 0 Å². The SMILES string of the molecule is Cc1[nH]c(/C=C(\C#N)c2ccc(Cl)c(Cl)c2)c(C)c1C(=O)O. The lowest BCUT2D eigenvalue weighted by atomic mass is 10.0. The molecular weight excluding hydrogens is 323 g/mol. The van der Waals surface area contributed by atoms with Gasteiger partial charge in [-0.3, -0.25) is 0 Å². The maximum Gasteiger partial charge on any atom is 0.337 e. The highest BCUT2D eigenvalue weighted by atomic mass is 35.5. The summed E-state index contributed by atoms with van der Waals surface area (Å²) in [6.07, 6.45) is 1.61. The van der Waals surface area contributed by atoms with E-state index in [-0.39, 0.29) is 5.56 Å². The van der Waals surface area contributed by atoms with E-state index in [1.54, 1.807) is 38.1 Å². The lowest BCUT2D eigenvalue weighted by Gasteiger charge is -2.02. The van der Waals surface area contributed by atoms with Gasteiger partial charge in [0.05, 0.1) is 27.3 Å². The molecule has 22 heavy (non-hydrogen) atoms. The zero-order valence-electron chi connectivity index (χ0n) is 11.9. The Labute approximate surface area is 137 Å². The lowest BCUT2D eigenvalue weighted by Crippen LogP contribution is -1.98. The molecule has 1 aromatic carbocycles. The van der Waals surface area contributed by atoms with Gasteiger partial charge in [0.1, 0.15) is 0 Å². The Morgan fingerprint density at radius 2 is 2.00 bits per heavy atom. The number of carboxylic acids is 1. The molecular formula is C16H12Cl2N2O2. The van der Waals surface area contributed by atoms with Crippen LogP contribution in [0.1, 0.15) is 32.9 Å². The number of benzene rings is 1.